The van der Waals surface area contributed by atoms with Crippen molar-refractivity contribution < 1.29 is 14.0 Å². The van der Waals surface area contributed by atoms with E-state index in [1.165, 1.54) is 23.5 Å². The number of amides is 2. The first-order chi connectivity index (χ1) is 14.5. The molecule has 2 aliphatic rings. The zero-order chi connectivity index (χ0) is 21.1. The van der Waals surface area contributed by atoms with E-state index < -0.39 is 12.1 Å². The molecular weight excluding hydrogens is 405 g/mol. The maximum absolute atomic E-state index is 13.1. The van der Waals surface area contributed by atoms with E-state index in [1.54, 1.807) is 17.0 Å². The third-order valence-electron chi connectivity index (χ3n) is 5.68. The van der Waals surface area contributed by atoms with Gasteiger partial charge in [-0.25, -0.2) is 9.37 Å². The second-order valence-corrected chi connectivity index (χ2v) is 8.74. The van der Waals surface area contributed by atoms with Crippen molar-refractivity contribution in [3.05, 3.63) is 40.5 Å². The molecule has 0 spiro atoms. The average Bonchev–Trinajstić information content (AvgIpc) is 3.38. The third kappa shape index (κ3) is 4.53. The molecular formula is C21H26FN5O2S. The maximum atomic E-state index is 13.1. The Balaban J connectivity index is 1.32. The Morgan fingerprint density at radius 1 is 1.27 bits per heavy atom. The molecule has 3 heterocycles. The van der Waals surface area contributed by atoms with Gasteiger partial charge >= 0.3 is 0 Å². The predicted octanol–water partition coefficient (Wildman–Crippen LogP) is 1.64. The number of carbonyl (C=O) groups excluding carboxylic acids is 2. The van der Waals surface area contributed by atoms with E-state index in [0.717, 1.165) is 29.1 Å². The van der Waals surface area contributed by atoms with E-state index in [0.29, 0.717) is 32.5 Å². The monoisotopic (exact) mass is 431 g/mol. The minimum Gasteiger partial charge on any atom is -0.343 e. The summed E-state index contributed by atoms with van der Waals surface area (Å²) < 4.78 is 13.1. The Labute approximate surface area is 178 Å². The zero-order valence-corrected chi connectivity index (χ0v) is 17.5. The number of benzene rings is 1. The molecule has 1 aromatic carbocycles. The minimum absolute atomic E-state index is 0.00812. The molecule has 9 heteroatoms. The van der Waals surface area contributed by atoms with Gasteiger partial charge in [-0.1, -0.05) is 0 Å². The second-order valence-electron chi connectivity index (χ2n) is 7.80. The smallest absolute Gasteiger partial charge is 0.245 e. The van der Waals surface area contributed by atoms with Crippen molar-refractivity contribution in [1.29, 1.82) is 0 Å². The van der Waals surface area contributed by atoms with Crippen molar-refractivity contribution >= 4 is 23.2 Å². The molecule has 0 unspecified atom stereocenters. The fraction of sp³-hybridized carbons (Fsp3) is 0.476. The summed E-state index contributed by atoms with van der Waals surface area (Å²) in [7, 11) is 0. The van der Waals surface area contributed by atoms with E-state index in [1.807, 2.05) is 5.38 Å². The Morgan fingerprint density at radius 2 is 2.07 bits per heavy atom. The lowest BCUT2D eigenvalue weighted by Gasteiger charge is -2.34. The molecule has 2 aromatic rings. The Hall–Kier alpha value is -2.36. The van der Waals surface area contributed by atoms with Gasteiger partial charge in [0.15, 0.2) is 0 Å². The van der Waals surface area contributed by atoms with Crippen molar-refractivity contribution in [2.24, 2.45) is 5.73 Å². The fourth-order valence-corrected chi connectivity index (χ4v) is 4.83. The number of piperazine rings is 1. The summed E-state index contributed by atoms with van der Waals surface area (Å²) in [4.78, 5) is 31.6. The van der Waals surface area contributed by atoms with Crippen LogP contribution in [0.4, 0.5) is 4.39 Å². The SMILES string of the molecule is NCCCC[C@@H]1NC(=O)[C@@H]2C[C@H](NCc3nc(-c4ccc(F)cc4)cs3)CN2C1=O. The molecule has 7 nitrogen and oxygen atoms in total. The lowest BCUT2D eigenvalue weighted by molar-refractivity contribution is -0.147. The Morgan fingerprint density at radius 3 is 2.83 bits per heavy atom. The first-order valence-electron chi connectivity index (χ1n) is 10.3. The lowest BCUT2D eigenvalue weighted by atomic mass is 10.0. The fourth-order valence-electron chi connectivity index (χ4n) is 4.07. The highest BCUT2D eigenvalue weighted by molar-refractivity contribution is 7.09. The molecule has 0 aliphatic carbocycles. The van der Waals surface area contributed by atoms with E-state index >= 15 is 0 Å². The minimum atomic E-state index is -0.434. The van der Waals surface area contributed by atoms with Gasteiger partial charge in [-0.15, -0.1) is 11.3 Å². The molecule has 2 amide bonds. The second kappa shape index (κ2) is 9.20. The van der Waals surface area contributed by atoms with Crippen molar-refractivity contribution in [2.45, 2.75) is 50.4 Å². The number of unbranched alkanes of at least 4 members (excludes halogenated alkanes) is 1. The molecule has 1 aromatic heterocycles. The number of nitrogens with one attached hydrogen (secondary N) is 2. The number of halogens is 1. The molecule has 4 N–H and O–H groups in total. The number of hydrogen-bond acceptors (Lipinski definition) is 6. The molecule has 2 fully saturated rings. The largest absolute Gasteiger partial charge is 0.343 e. The molecule has 4 rings (SSSR count). The number of fused-ring (bicyclic) bond motifs is 1. The topological polar surface area (TPSA) is 100 Å². The van der Waals surface area contributed by atoms with Crippen LogP contribution in [-0.2, 0) is 16.1 Å². The third-order valence-corrected chi connectivity index (χ3v) is 6.53. The molecule has 0 radical (unpaired) electrons. The van der Waals surface area contributed by atoms with Crippen LogP contribution in [0.2, 0.25) is 0 Å². The molecule has 30 heavy (non-hydrogen) atoms. The molecule has 0 saturated carbocycles. The first kappa shape index (κ1) is 20.9. The number of thiazole rings is 1. The lowest BCUT2D eigenvalue weighted by Crippen LogP contribution is -2.61. The van der Waals surface area contributed by atoms with Gasteiger partial charge in [-0.2, -0.15) is 0 Å². The van der Waals surface area contributed by atoms with Gasteiger partial charge in [0.1, 0.15) is 22.9 Å². The summed E-state index contributed by atoms with van der Waals surface area (Å²) in [6.45, 7) is 1.68. The Bertz CT molecular complexity index is 903. The van der Waals surface area contributed by atoms with Crippen molar-refractivity contribution in [1.82, 2.24) is 20.5 Å². The van der Waals surface area contributed by atoms with Crippen molar-refractivity contribution in [2.75, 3.05) is 13.1 Å². The normalized spacial score (nSPS) is 23.5. The highest BCUT2D eigenvalue weighted by atomic mass is 32.1. The van der Waals surface area contributed by atoms with Gasteiger partial charge in [0, 0.05) is 30.1 Å². The first-order valence-corrected chi connectivity index (χ1v) is 11.2. The summed E-state index contributed by atoms with van der Waals surface area (Å²) in [5.74, 6) is -0.327. The summed E-state index contributed by atoms with van der Waals surface area (Å²) in [6.07, 6.45) is 2.91. The quantitative estimate of drug-likeness (QED) is 0.552. The maximum Gasteiger partial charge on any atom is 0.245 e. The summed E-state index contributed by atoms with van der Waals surface area (Å²) in [5.41, 5.74) is 7.21. The predicted molar refractivity (Wildman–Crippen MR) is 113 cm³/mol. The standard InChI is InChI=1S/C21H26FN5O2S/c22-14-6-4-13(5-7-14)17-12-30-19(25-17)10-24-15-9-18-20(28)26-16(3-1-2-8-23)21(29)27(18)11-15/h4-7,12,15-16,18,24H,1-3,8-11,23H2,(H,26,28)/t15-,16-,18-/m0/s1. The highest BCUT2D eigenvalue weighted by Gasteiger charge is 2.45. The highest BCUT2D eigenvalue weighted by Crippen LogP contribution is 2.26. The van der Waals surface area contributed by atoms with Crippen LogP contribution in [0.25, 0.3) is 11.3 Å². The number of aromatic nitrogens is 1. The average molecular weight is 432 g/mol. The van der Waals surface area contributed by atoms with Crippen LogP contribution in [-0.4, -0.2) is 52.9 Å². The van der Waals surface area contributed by atoms with Crippen LogP contribution >= 0.6 is 11.3 Å². The van der Waals surface area contributed by atoms with E-state index in [9.17, 15) is 14.0 Å². The summed E-state index contributed by atoms with van der Waals surface area (Å²) >= 11 is 1.53. The van der Waals surface area contributed by atoms with Crippen LogP contribution in [0.15, 0.2) is 29.6 Å². The Kier molecular flexibility index (Phi) is 6.40. The van der Waals surface area contributed by atoms with Gasteiger partial charge in [-0.3, -0.25) is 9.59 Å². The van der Waals surface area contributed by atoms with Gasteiger partial charge in [0.25, 0.3) is 0 Å². The van der Waals surface area contributed by atoms with Gasteiger partial charge in [0.2, 0.25) is 11.8 Å². The molecule has 2 aliphatic heterocycles. The van der Waals surface area contributed by atoms with Crippen LogP contribution in [0, 0.1) is 5.82 Å². The summed E-state index contributed by atoms with van der Waals surface area (Å²) in [5, 5.41) is 9.18. The van der Waals surface area contributed by atoms with E-state index in [4.69, 9.17) is 5.73 Å². The number of nitrogens with two attached hydrogens (primary N) is 1. The molecule has 2 saturated heterocycles. The van der Waals surface area contributed by atoms with E-state index in [-0.39, 0.29) is 23.7 Å². The van der Waals surface area contributed by atoms with Crippen LogP contribution in [0.5, 0.6) is 0 Å². The number of hydrogen-bond donors (Lipinski definition) is 3. The van der Waals surface area contributed by atoms with Gasteiger partial charge in [-0.05, 0) is 56.5 Å². The zero-order valence-electron chi connectivity index (χ0n) is 16.6. The van der Waals surface area contributed by atoms with Crippen LogP contribution < -0.4 is 16.4 Å². The molecule has 0 bridgehead atoms. The number of carbonyl (C=O) groups is 2. The van der Waals surface area contributed by atoms with Gasteiger partial charge < -0.3 is 21.3 Å². The molecule has 160 valence electrons. The van der Waals surface area contributed by atoms with Gasteiger partial charge in [0.05, 0.1) is 5.69 Å². The van der Waals surface area contributed by atoms with Crippen molar-refractivity contribution in [3.8, 4) is 11.3 Å². The number of rotatable bonds is 8. The van der Waals surface area contributed by atoms with Crippen LogP contribution in [0.1, 0.15) is 30.7 Å². The number of nitrogens with zero attached hydrogens (tertiary/aromatic N) is 2. The van der Waals surface area contributed by atoms with Crippen molar-refractivity contribution in [3.63, 3.8) is 0 Å². The summed E-state index contributed by atoms with van der Waals surface area (Å²) in [6, 6.07) is 5.49. The van der Waals surface area contributed by atoms with Crippen LogP contribution in [0.3, 0.4) is 0 Å². The van der Waals surface area contributed by atoms with E-state index in [2.05, 4.69) is 15.6 Å². The molecule has 3 atom stereocenters.